The maximum absolute atomic E-state index is 10.8. The quantitative estimate of drug-likeness (QED) is 0.550. The van der Waals surface area contributed by atoms with Crippen molar-refractivity contribution < 1.29 is 9.63 Å². The van der Waals surface area contributed by atoms with Crippen molar-refractivity contribution in [1.29, 1.82) is 0 Å². The number of fused-ring (bicyclic) bond motifs is 1. The number of hydrogen-bond donors (Lipinski definition) is 0. The summed E-state index contributed by atoms with van der Waals surface area (Å²) >= 11 is 0. The first-order valence-electron chi connectivity index (χ1n) is 5.73. The van der Waals surface area contributed by atoms with Gasteiger partial charge < -0.3 is 9.74 Å². The largest absolute Gasteiger partial charge is 0.374 e. The molecule has 0 aliphatic carbocycles. The van der Waals surface area contributed by atoms with E-state index in [4.69, 9.17) is 4.84 Å². The highest BCUT2D eigenvalue weighted by Crippen LogP contribution is 2.25. The van der Waals surface area contributed by atoms with E-state index < -0.39 is 0 Å². The highest BCUT2D eigenvalue weighted by Gasteiger charge is 2.17. The Morgan fingerprint density at radius 2 is 2.18 bits per heavy atom. The minimum atomic E-state index is -0.382. The van der Waals surface area contributed by atoms with Crippen LogP contribution in [-0.4, -0.2) is 25.3 Å². The molecule has 0 spiro atoms. The molecule has 1 aliphatic rings. The molecule has 1 heterocycles. The highest BCUT2D eigenvalue weighted by atomic mass is 16.7. The summed E-state index contributed by atoms with van der Waals surface area (Å²) in [6.45, 7) is 2.34. The van der Waals surface area contributed by atoms with Crippen molar-refractivity contribution in [2.24, 2.45) is 5.16 Å². The van der Waals surface area contributed by atoms with Gasteiger partial charge in [-0.05, 0) is 18.9 Å². The summed E-state index contributed by atoms with van der Waals surface area (Å²) in [5.41, 5.74) is 3.03. The molecule has 0 saturated heterocycles. The molecule has 0 radical (unpaired) electrons. The monoisotopic (exact) mass is 232 g/mol. The number of benzene rings is 1. The molecule has 4 heteroatoms. The second kappa shape index (κ2) is 4.99. The molecule has 0 aromatic heterocycles. The molecule has 90 valence electrons. The zero-order valence-corrected chi connectivity index (χ0v) is 10.1. The van der Waals surface area contributed by atoms with Crippen molar-refractivity contribution in [1.82, 2.24) is 0 Å². The van der Waals surface area contributed by atoms with Crippen LogP contribution in [0, 0.1) is 0 Å². The predicted octanol–water partition coefficient (Wildman–Crippen LogP) is 2.18. The number of oxime groups is 1. The van der Waals surface area contributed by atoms with Crippen molar-refractivity contribution in [2.45, 2.75) is 19.8 Å². The molecule has 17 heavy (non-hydrogen) atoms. The van der Waals surface area contributed by atoms with Crippen LogP contribution in [0.4, 0.5) is 5.69 Å². The van der Waals surface area contributed by atoms with Gasteiger partial charge in [0.2, 0.25) is 0 Å². The van der Waals surface area contributed by atoms with Gasteiger partial charge >= 0.3 is 5.97 Å². The lowest BCUT2D eigenvalue weighted by molar-refractivity contribution is -0.140. The molecular formula is C13H16N2O2. The van der Waals surface area contributed by atoms with Crippen LogP contribution in [0.15, 0.2) is 29.4 Å². The Hall–Kier alpha value is -1.84. The molecule has 0 amide bonds. The smallest absolute Gasteiger partial charge is 0.331 e. The molecule has 4 nitrogen and oxygen atoms in total. The second-order valence-electron chi connectivity index (χ2n) is 4.16. The first kappa shape index (κ1) is 11.6. The Morgan fingerprint density at radius 3 is 2.94 bits per heavy atom. The molecule has 0 saturated carbocycles. The standard InChI is InChI=1S/C13H16N2O2/c1-10(16)17-14-12-7-5-9-15(2)13-8-4-3-6-11(12)13/h3-4,6,8H,5,7,9H2,1-2H3/b14-12+. The van der Waals surface area contributed by atoms with Gasteiger partial charge in [0.05, 0.1) is 5.71 Å². The summed E-state index contributed by atoms with van der Waals surface area (Å²) < 4.78 is 0. The first-order chi connectivity index (χ1) is 8.18. The predicted molar refractivity (Wildman–Crippen MR) is 67.2 cm³/mol. The Bertz CT molecular complexity index is 454. The zero-order chi connectivity index (χ0) is 12.3. The summed E-state index contributed by atoms with van der Waals surface area (Å²) in [6, 6.07) is 8.05. The van der Waals surface area contributed by atoms with Crippen LogP contribution < -0.4 is 4.90 Å². The molecule has 2 rings (SSSR count). The van der Waals surface area contributed by atoms with Gasteiger partial charge in [-0.3, -0.25) is 0 Å². The van der Waals surface area contributed by atoms with Crippen molar-refractivity contribution >= 4 is 17.4 Å². The van der Waals surface area contributed by atoms with E-state index in [1.807, 2.05) is 18.2 Å². The van der Waals surface area contributed by atoms with E-state index in [0.717, 1.165) is 36.3 Å². The number of rotatable bonds is 1. The Balaban J connectivity index is 2.38. The van der Waals surface area contributed by atoms with Crippen molar-refractivity contribution in [3.05, 3.63) is 29.8 Å². The van der Waals surface area contributed by atoms with Gasteiger partial charge in [-0.2, -0.15) is 0 Å². The average Bonchev–Trinajstić information content (AvgIpc) is 2.47. The van der Waals surface area contributed by atoms with E-state index in [0.29, 0.717) is 0 Å². The third-order valence-corrected chi connectivity index (χ3v) is 2.82. The van der Waals surface area contributed by atoms with Gasteiger partial charge in [-0.25, -0.2) is 4.79 Å². The third kappa shape index (κ3) is 2.64. The second-order valence-corrected chi connectivity index (χ2v) is 4.16. The fourth-order valence-electron chi connectivity index (χ4n) is 2.00. The van der Waals surface area contributed by atoms with Crippen molar-refractivity contribution in [3.8, 4) is 0 Å². The molecule has 0 fully saturated rings. The number of carbonyl (C=O) groups excluding carboxylic acids is 1. The lowest BCUT2D eigenvalue weighted by Crippen LogP contribution is -2.17. The Morgan fingerprint density at radius 1 is 1.41 bits per heavy atom. The summed E-state index contributed by atoms with van der Waals surface area (Å²) in [7, 11) is 2.06. The molecular weight excluding hydrogens is 216 g/mol. The summed E-state index contributed by atoms with van der Waals surface area (Å²) in [4.78, 5) is 17.8. The minimum Gasteiger partial charge on any atom is -0.374 e. The van der Waals surface area contributed by atoms with E-state index in [-0.39, 0.29) is 5.97 Å². The van der Waals surface area contributed by atoms with Crippen LogP contribution >= 0.6 is 0 Å². The number of nitrogens with zero attached hydrogens (tertiary/aromatic N) is 2. The van der Waals surface area contributed by atoms with E-state index in [1.54, 1.807) is 0 Å². The lowest BCUT2D eigenvalue weighted by Gasteiger charge is -2.18. The molecule has 0 atom stereocenters. The van der Waals surface area contributed by atoms with E-state index >= 15 is 0 Å². The van der Waals surface area contributed by atoms with Crippen molar-refractivity contribution in [2.75, 3.05) is 18.5 Å². The fourth-order valence-corrected chi connectivity index (χ4v) is 2.00. The van der Waals surface area contributed by atoms with Gasteiger partial charge in [-0.15, -0.1) is 0 Å². The van der Waals surface area contributed by atoms with Gasteiger partial charge in [0.25, 0.3) is 0 Å². The van der Waals surface area contributed by atoms with E-state index in [9.17, 15) is 4.79 Å². The molecule has 1 aromatic carbocycles. The zero-order valence-electron chi connectivity index (χ0n) is 10.1. The van der Waals surface area contributed by atoms with Gasteiger partial charge in [0.15, 0.2) is 0 Å². The van der Waals surface area contributed by atoms with Gasteiger partial charge in [-0.1, -0.05) is 23.4 Å². The number of para-hydroxylation sites is 1. The van der Waals surface area contributed by atoms with Crippen LogP contribution in [-0.2, 0) is 9.63 Å². The maximum atomic E-state index is 10.8. The number of hydrogen-bond acceptors (Lipinski definition) is 4. The molecule has 1 aliphatic heterocycles. The molecule has 0 N–H and O–H groups in total. The van der Waals surface area contributed by atoms with E-state index in [1.165, 1.54) is 6.92 Å². The van der Waals surface area contributed by atoms with E-state index in [2.05, 4.69) is 23.2 Å². The molecule has 1 aromatic rings. The first-order valence-corrected chi connectivity index (χ1v) is 5.73. The SMILES string of the molecule is CC(=O)O/N=C1\CCCN(C)c2ccccc21. The maximum Gasteiger partial charge on any atom is 0.331 e. The molecule has 0 unspecified atom stereocenters. The molecule has 0 bridgehead atoms. The third-order valence-electron chi connectivity index (χ3n) is 2.82. The van der Waals surface area contributed by atoms with Crippen LogP contribution in [0.2, 0.25) is 0 Å². The van der Waals surface area contributed by atoms with Crippen LogP contribution in [0.3, 0.4) is 0 Å². The normalized spacial score (nSPS) is 17.5. The minimum absolute atomic E-state index is 0.382. The fraction of sp³-hybridized carbons (Fsp3) is 0.385. The summed E-state index contributed by atoms with van der Waals surface area (Å²) in [5.74, 6) is -0.382. The summed E-state index contributed by atoms with van der Waals surface area (Å²) in [5, 5.41) is 3.96. The van der Waals surface area contributed by atoms with Gasteiger partial charge in [0, 0.05) is 31.8 Å². The number of carbonyl (C=O) groups is 1. The topological polar surface area (TPSA) is 41.9 Å². The van der Waals surface area contributed by atoms with Crippen molar-refractivity contribution in [3.63, 3.8) is 0 Å². The summed E-state index contributed by atoms with van der Waals surface area (Å²) in [6.07, 6.45) is 1.83. The van der Waals surface area contributed by atoms with Crippen LogP contribution in [0.5, 0.6) is 0 Å². The Labute approximate surface area is 101 Å². The lowest BCUT2D eigenvalue weighted by atomic mass is 10.1. The Kier molecular flexibility index (Phi) is 3.42. The number of anilines is 1. The van der Waals surface area contributed by atoms with Gasteiger partial charge in [0.1, 0.15) is 0 Å². The highest BCUT2D eigenvalue weighted by molar-refractivity contribution is 6.05. The van der Waals surface area contributed by atoms with Crippen LogP contribution in [0.25, 0.3) is 0 Å². The van der Waals surface area contributed by atoms with Crippen LogP contribution in [0.1, 0.15) is 25.3 Å². The average molecular weight is 232 g/mol.